The molecule has 1 unspecified atom stereocenters. The van der Waals surface area contributed by atoms with Gasteiger partial charge in [-0.3, -0.25) is 0 Å². The predicted octanol–water partition coefficient (Wildman–Crippen LogP) is 4.65. The topological polar surface area (TPSA) is 0 Å². The van der Waals surface area contributed by atoms with Crippen LogP contribution in [-0.4, -0.2) is 5.88 Å². The standard InChI is InChI=1S/C13H16BrCl/c1-13(9-15,11-5-6-11)8-10-3-2-4-12(14)7-10/h2-4,7,11H,5-6,8-9H2,1H3. The molecule has 15 heavy (non-hydrogen) atoms. The van der Waals surface area contributed by atoms with Crippen LogP contribution in [0, 0.1) is 11.3 Å². The molecule has 0 nitrogen and oxygen atoms in total. The van der Waals surface area contributed by atoms with Crippen LogP contribution >= 0.6 is 27.5 Å². The van der Waals surface area contributed by atoms with Crippen molar-refractivity contribution < 1.29 is 0 Å². The van der Waals surface area contributed by atoms with Crippen LogP contribution in [0.1, 0.15) is 25.3 Å². The number of halogens is 2. The lowest BCUT2D eigenvalue weighted by Crippen LogP contribution is -2.24. The first-order chi connectivity index (χ1) is 7.14. The number of hydrogen-bond donors (Lipinski definition) is 0. The van der Waals surface area contributed by atoms with Crippen LogP contribution in [0.25, 0.3) is 0 Å². The Bertz CT molecular complexity index is 346. The van der Waals surface area contributed by atoms with E-state index in [1.54, 1.807) is 0 Å². The summed E-state index contributed by atoms with van der Waals surface area (Å²) in [5, 5.41) is 0. The average molecular weight is 288 g/mol. The highest BCUT2D eigenvalue weighted by Crippen LogP contribution is 2.48. The van der Waals surface area contributed by atoms with E-state index in [0.29, 0.717) is 5.41 Å². The van der Waals surface area contributed by atoms with Gasteiger partial charge in [0.05, 0.1) is 0 Å². The molecule has 1 aromatic rings. The van der Waals surface area contributed by atoms with Gasteiger partial charge < -0.3 is 0 Å². The highest BCUT2D eigenvalue weighted by molar-refractivity contribution is 9.10. The molecular weight excluding hydrogens is 272 g/mol. The summed E-state index contributed by atoms with van der Waals surface area (Å²) in [5.41, 5.74) is 1.68. The van der Waals surface area contributed by atoms with Gasteiger partial charge in [0.1, 0.15) is 0 Å². The monoisotopic (exact) mass is 286 g/mol. The molecule has 0 aromatic heterocycles. The normalized spacial score (nSPS) is 19.9. The third-order valence-corrected chi connectivity index (χ3v) is 4.47. The van der Waals surface area contributed by atoms with E-state index < -0.39 is 0 Å². The van der Waals surface area contributed by atoms with Crippen molar-refractivity contribution in [1.29, 1.82) is 0 Å². The molecule has 1 fully saturated rings. The first-order valence-corrected chi connectivity index (χ1v) is 6.77. The molecule has 0 radical (unpaired) electrons. The van der Waals surface area contributed by atoms with Crippen molar-refractivity contribution in [3.8, 4) is 0 Å². The summed E-state index contributed by atoms with van der Waals surface area (Å²) in [6, 6.07) is 8.56. The molecule has 1 aliphatic rings. The molecule has 82 valence electrons. The van der Waals surface area contributed by atoms with Gasteiger partial charge in [-0.15, -0.1) is 11.6 Å². The lowest BCUT2D eigenvalue weighted by atomic mass is 9.81. The zero-order chi connectivity index (χ0) is 10.9. The van der Waals surface area contributed by atoms with Crippen molar-refractivity contribution >= 4 is 27.5 Å². The van der Waals surface area contributed by atoms with E-state index >= 15 is 0 Å². The van der Waals surface area contributed by atoms with Crippen molar-refractivity contribution in [2.24, 2.45) is 11.3 Å². The van der Waals surface area contributed by atoms with Crippen molar-refractivity contribution in [3.05, 3.63) is 34.3 Å². The van der Waals surface area contributed by atoms with Gasteiger partial charge in [-0.05, 0) is 48.3 Å². The Morgan fingerprint density at radius 2 is 2.20 bits per heavy atom. The van der Waals surface area contributed by atoms with Crippen molar-refractivity contribution in [1.82, 2.24) is 0 Å². The number of alkyl halides is 1. The number of hydrogen-bond acceptors (Lipinski definition) is 0. The molecule has 1 aromatic carbocycles. The van der Waals surface area contributed by atoms with E-state index in [4.69, 9.17) is 11.6 Å². The van der Waals surface area contributed by atoms with Gasteiger partial charge in [0, 0.05) is 10.4 Å². The SMILES string of the molecule is CC(CCl)(Cc1cccc(Br)c1)C1CC1. The van der Waals surface area contributed by atoms with Gasteiger partial charge in [0.15, 0.2) is 0 Å². The Hall–Kier alpha value is -0.0100. The fourth-order valence-corrected chi connectivity index (χ4v) is 2.95. The van der Waals surface area contributed by atoms with Crippen LogP contribution in [-0.2, 0) is 6.42 Å². The molecule has 1 atom stereocenters. The molecule has 0 heterocycles. The first kappa shape index (κ1) is 11.5. The zero-order valence-electron chi connectivity index (χ0n) is 8.97. The summed E-state index contributed by atoms with van der Waals surface area (Å²) in [6.07, 6.45) is 3.81. The number of rotatable bonds is 4. The maximum absolute atomic E-state index is 6.12. The van der Waals surface area contributed by atoms with Crippen LogP contribution in [0.5, 0.6) is 0 Å². The van der Waals surface area contributed by atoms with E-state index in [2.05, 4.69) is 47.1 Å². The fourth-order valence-electron chi connectivity index (χ4n) is 2.19. The maximum atomic E-state index is 6.12. The van der Waals surface area contributed by atoms with Crippen molar-refractivity contribution in [3.63, 3.8) is 0 Å². The Kier molecular flexibility index (Phi) is 3.42. The minimum Gasteiger partial charge on any atom is -0.126 e. The van der Waals surface area contributed by atoms with Crippen LogP contribution in [0.4, 0.5) is 0 Å². The molecule has 0 amide bonds. The van der Waals surface area contributed by atoms with E-state index in [1.165, 1.54) is 18.4 Å². The second kappa shape index (κ2) is 4.47. The highest BCUT2D eigenvalue weighted by atomic mass is 79.9. The van der Waals surface area contributed by atoms with Gasteiger partial charge in [-0.1, -0.05) is 35.0 Å². The summed E-state index contributed by atoms with van der Waals surface area (Å²) >= 11 is 9.63. The van der Waals surface area contributed by atoms with Crippen LogP contribution < -0.4 is 0 Å². The Morgan fingerprint density at radius 1 is 1.47 bits per heavy atom. The lowest BCUT2D eigenvalue weighted by molar-refractivity contribution is 0.313. The zero-order valence-corrected chi connectivity index (χ0v) is 11.3. The molecule has 0 bridgehead atoms. The quantitative estimate of drug-likeness (QED) is 0.707. The van der Waals surface area contributed by atoms with Gasteiger partial charge in [0.25, 0.3) is 0 Å². The molecular formula is C13H16BrCl. The fraction of sp³-hybridized carbons (Fsp3) is 0.538. The molecule has 2 heteroatoms. The van der Waals surface area contributed by atoms with Gasteiger partial charge in [0.2, 0.25) is 0 Å². The summed E-state index contributed by atoms with van der Waals surface area (Å²) in [7, 11) is 0. The molecule has 2 rings (SSSR count). The smallest absolute Gasteiger partial charge is 0.0283 e. The molecule has 1 aliphatic carbocycles. The predicted molar refractivity (Wildman–Crippen MR) is 69.4 cm³/mol. The number of benzene rings is 1. The van der Waals surface area contributed by atoms with Gasteiger partial charge in [-0.25, -0.2) is 0 Å². The minimum atomic E-state index is 0.294. The second-order valence-electron chi connectivity index (χ2n) is 4.87. The van der Waals surface area contributed by atoms with E-state index in [0.717, 1.165) is 22.7 Å². The van der Waals surface area contributed by atoms with E-state index in [1.807, 2.05) is 0 Å². The summed E-state index contributed by atoms with van der Waals surface area (Å²) in [5.74, 6) is 1.61. The highest BCUT2D eigenvalue weighted by Gasteiger charge is 2.40. The second-order valence-corrected chi connectivity index (χ2v) is 6.05. The average Bonchev–Trinajstić information content (AvgIpc) is 3.01. The van der Waals surface area contributed by atoms with Gasteiger partial charge >= 0.3 is 0 Å². The summed E-state index contributed by atoms with van der Waals surface area (Å²) in [6.45, 7) is 2.32. The van der Waals surface area contributed by atoms with E-state index in [9.17, 15) is 0 Å². The Labute approximate surface area is 105 Å². The minimum absolute atomic E-state index is 0.294. The molecule has 0 N–H and O–H groups in total. The molecule has 0 spiro atoms. The molecule has 0 saturated heterocycles. The largest absolute Gasteiger partial charge is 0.126 e. The maximum Gasteiger partial charge on any atom is 0.0283 e. The van der Waals surface area contributed by atoms with Crippen LogP contribution in [0.3, 0.4) is 0 Å². The third-order valence-electron chi connectivity index (χ3n) is 3.37. The first-order valence-electron chi connectivity index (χ1n) is 5.44. The summed E-state index contributed by atoms with van der Waals surface area (Å²) < 4.78 is 1.16. The van der Waals surface area contributed by atoms with Crippen molar-refractivity contribution in [2.75, 3.05) is 5.88 Å². The third kappa shape index (κ3) is 2.76. The van der Waals surface area contributed by atoms with Crippen LogP contribution in [0.2, 0.25) is 0 Å². The lowest BCUT2D eigenvalue weighted by Gasteiger charge is -2.27. The molecule has 0 aliphatic heterocycles. The Balaban J connectivity index is 2.12. The summed E-state index contributed by atoms with van der Waals surface area (Å²) in [4.78, 5) is 0. The molecule has 1 saturated carbocycles. The Morgan fingerprint density at radius 3 is 2.73 bits per heavy atom. The van der Waals surface area contributed by atoms with Crippen LogP contribution in [0.15, 0.2) is 28.7 Å². The van der Waals surface area contributed by atoms with Gasteiger partial charge in [-0.2, -0.15) is 0 Å². The van der Waals surface area contributed by atoms with E-state index in [-0.39, 0.29) is 0 Å². The van der Waals surface area contributed by atoms with Crippen molar-refractivity contribution in [2.45, 2.75) is 26.2 Å².